The number of carbonyl (C=O) groups is 1. The van der Waals surface area contributed by atoms with Gasteiger partial charge in [-0.2, -0.15) is 0 Å². The summed E-state index contributed by atoms with van der Waals surface area (Å²) in [4.78, 5) is 16.7. The standard InChI is InChI=1S/C19H20ClN5O2S/c1-22-17(16-3-2-12-27-16)21-25(19(22)28)13-23-8-10-24(11-9-23)18(26)14-4-6-15(20)7-5-14/h2-7,12H,8-11,13H2,1H3. The van der Waals surface area contributed by atoms with Gasteiger partial charge in [0.05, 0.1) is 12.9 Å². The van der Waals surface area contributed by atoms with Gasteiger partial charge in [-0.3, -0.25) is 9.69 Å². The van der Waals surface area contributed by atoms with Gasteiger partial charge in [-0.15, -0.1) is 5.10 Å². The first-order valence-corrected chi connectivity index (χ1v) is 9.76. The number of hydrogen-bond acceptors (Lipinski definition) is 5. The number of amides is 1. The van der Waals surface area contributed by atoms with Crippen LogP contribution in [0.2, 0.25) is 5.02 Å². The molecule has 4 rings (SSSR count). The first kappa shape index (κ1) is 18.9. The minimum absolute atomic E-state index is 0.0332. The largest absolute Gasteiger partial charge is 0.461 e. The van der Waals surface area contributed by atoms with Crippen molar-refractivity contribution in [3.8, 4) is 11.6 Å². The van der Waals surface area contributed by atoms with E-state index in [9.17, 15) is 4.79 Å². The zero-order chi connectivity index (χ0) is 19.7. The summed E-state index contributed by atoms with van der Waals surface area (Å²) in [6.45, 7) is 3.41. The first-order chi connectivity index (χ1) is 13.5. The zero-order valence-electron chi connectivity index (χ0n) is 15.4. The highest BCUT2D eigenvalue weighted by atomic mass is 35.5. The van der Waals surface area contributed by atoms with E-state index < -0.39 is 0 Å². The molecule has 0 bridgehead atoms. The van der Waals surface area contributed by atoms with E-state index in [2.05, 4.69) is 10.00 Å². The summed E-state index contributed by atoms with van der Waals surface area (Å²) >= 11 is 11.4. The molecule has 3 aromatic rings. The van der Waals surface area contributed by atoms with Crippen LogP contribution in [-0.4, -0.2) is 56.2 Å². The molecule has 28 heavy (non-hydrogen) atoms. The average Bonchev–Trinajstić information content (AvgIpc) is 3.33. The molecule has 1 aliphatic heterocycles. The Labute approximate surface area is 172 Å². The Morgan fingerprint density at radius 3 is 2.54 bits per heavy atom. The lowest BCUT2D eigenvalue weighted by molar-refractivity contribution is 0.0585. The van der Waals surface area contributed by atoms with Gasteiger partial charge in [0.2, 0.25) is 0 Å². The molecular weight excluding hydrogens is 398 g/mol. The van der Waals surface area contributed by atoms with Crippen LogP contribution in [0.5, 0.6) is 0 Å². The highest BCUT2D eigenvalue weighted by Crippen LogP contribution is 2.18. The minimum atomic E-state index is 0.0332. The number of nitrogens with zero attached hydrogens (tertiary/aromatic N) is 5. The molecule has 2 aromatic heterocycles. The Balaban J connectivity index is 1.40. The molecule has 0 atom stereocenters. The third-order valence-electron chi connectivity index (χ3n) is 4.87. The van der Waals surface area contributed by atoms with E-state index in [1.54, 1.807) is 35.2 Å². The molecule has 0 radical (unpaired) electrons. The molecule has 1 amide bonds. The maximum atomic E-state index is 12.6. The third kappa shape index (κ3) is 3.76. The number of hydrogen-bond donors (Lipinski definition) is 0. The smallest absolute Gasteiger partial charge is 0.253 e. The molecule has 1 aromatic carbocycles. The van der Waals surface area contributed by atoms with E-state index in [-0.39, 0.29) is 5.91 Å². The summed E-state index contributed by atoms with van der Waals surface area (Å²) in [6.07, 6.45) is 1.62. The van der Waals surface area contributed by atoms with Crippen LogP contribution in [-0.2, 0) is 13.7 Å². The number of benzene rings is 1. The monoisotopic (exact) mass is 417 g/mol. The molecule has 0 aliphatic carbocycles. The second-order valence-electron chi connectivity index (χ2n) is 6.70. The molecular formula is C19H20ClN5O2S. The van der Waals surface area contributed by atoms with Crippen LogP contribution in [0.15, 0.2) is 47.1 Å². The number of rotatable bonds is 4. The molecule has 146 valence electrons. The molecule has 0 N–H and O–H groups in total. The number of furan rings is 1. The van der Waals surface area contributed by atoms with Crippen molar-refractivity contribution in [2.75, 3.05) is 26.2 Å². The van der Waals surface area contributed by atoms with Gasteiger partial charge >= 0.3 is 0 Å². The van der Waals surface area contributed by atoms with Crippen LogP contribution < -0.4 is 0 Å². The summed E-state index contributed by atoms with van der Waals surface area (Å²) in [5, 5.41) is 5.23. The number of piperazine rings is 1. The second-order valence-corrected chi connectivity index (χ2v) is 7.50. The van der Waals surface area contributed by atoms with E-state index >= 15 is 0 Å². The lowest BCUT2D eigenvalue weighted by Gasteiger charge is -2.34. The van der Waals surface area contributed by atoms with Crippen molar-refractivity contribution >= 4 is 29.7 Å². The predicted octanol–water partition coefficient (Wildman–Crippen LogP) is 3.28. The van der Waals surface area contributed by atoms with Gasteiger partial charge in [0, 0.05) is 43.8 Å². The molecule has 0 unspecified atom stereocenters. The van der Waals surface area contributed by atoms with Gasteiger partial charge in [-0.05, 0) is 48.6 Å². The van der Waals surface area contributed by atoms with Gasteiger partial charge in [-0.1, -0.05) is 11.6 Å². The van der Waals surface area contributed by atoms with Gasteiger partial charge in [0.25, 0.3) is 5.91 Å². The fraction of sp³-hybridized carbons (Fsp3) is 0.316. The second kappa shape index (κ2) is 7.90. The molecule has 0 saturated carbocycles. The maximum absolute atomic E-state index is 12.6. The van der Waals surface area contributed by atoms with E-state index in [4.69, 9.17) is 28.2 Å². The SMILES string of the molecule is Cn1c(-c2ccco2)nn(CN2CCN(C(=O)c3ccc(Cl)cc3)CC2)c1=S. The Bertz CT molecular complexity index is 1020. The topological polar surface area (TPSA) is 59.4 Å². The van der Waals surface area contributed by atoms with Crippen molar-refractivity contribution in [1.29, 1.82) is 0 Å². The average molecular weight is 418 g/mol. The van der Waals surface area contributed by atoms with Gasteiger partial charge < -0.3 is 13.9 Å². The summed E-state index contributed by atoms with van der Waals surface area (Å²) in [5.74, 6) is 1.42. The van der Waals surface area contributed by atoms with Gasteiger partial charge in [0.15, 0.2) is 16.4 Å². The third-order valence-corrected chi connectivity index (χ3v) is 5.60. The summed E-state index contributed by atoms with van der Waals surface area (Å²) in [6, 6.07) is 10.7. The van der Waals surface area contributed by atoms with Crippen molar-refractivity contribution in [1.82, 2.24) is 24.1 Å². The molecule has 1 saturated heterocycles. The molecule has 9 heteroatoms. The van der Waals surface area contributed by atoms with Crippen LogP contribution in [0.4, 0.5) is 0 Å². The zero-order valence-corrected chi connectivity index (χ0v) is 17.0. The minimum Gasteiger partial charge on any atom is -0.461 e. The lowest BCUT2D eigenvalue weighted by Crippen LogP contribution is -2.49. The maximum Gasteiger partial charge on any atom is 0.253 e. The molecule has 0 spiro atoms. The fourth-order valence-electron chi connectivity index (χ4n) is 3.26. The van der Waals surface area contributed by atoms with Gasteiger partial charge in [-0.25, -0.2) is 4.68 Å². The van der Waals surface area contributed by atoms with Gasteiger partial charge in [0.1, 0.15) is 0 Å². The van der Waals surface area contributed by atoms with Crippen LogP contribution in [0.1, 0.15) is 10.4 Å². The van der Waals surface area contributed by atoms with E-state index in [0.717, 1.165) is 13.1 Å². The van der Waals surface area contributed by atoms with E-state index in [1.165, 1.54) is 0 Å². The van der Waals surface area contributed by atoms with E-state index in [1.807, 2.05) is 28.6 Å². The normalized spacial score (nSPS) is 15.1. The molecule has 3 heterocycles. The van der Waals surface area contributed by atoms with Crippen LogP contribution in [0, 0.1) is 4.77 Å². The Morgan fingerprint density at radius 1 is 1.18 bits per heavy atom. The quantitative estimate of drug-likeness (QED) is 0.610. The Hall–Kier alpha value is -2.42. The lowest BCUT2D eigenvalue weighted by atomic mass is 10.2. The van der Waals surface area contributed by atoms with Crippen molar-refractivity contribution in [3.05, 3.63) is 58.0 Å². The number of carbonyl (C=O) groups excluding carboxylic acids is 1. The Kier molecular flexibility index (Phi) is 5.34. The molecule has 7 nitrogen and oxygen atoms in total. The number of aromatic nitrogens is 3. The fourth-order valence-corrected chi connectivity index (χ4v) is 3.57. The van der Waals surface area contributed by atoms with Crippen molar-refractivity contribution in [2.24, 2.45) is 7.05 Å². The highest BCUT2D eigenvalue weighted by molar-refractivity contribution is 7.71. The summed E-state index contributed by atoms with van der Waals surface area (Å²) in [5.41, 5.74) is 0.660. The van der Waals surface area contributed by atoms with Crippen LogP contribution in [0.3, 0.4) is 0 Å². The van der Waals surface area contributed by atoms with Crippen LogP contribution >= 0.6 is 23.8 Å². The van der Waals surface area contributed by atoms with Crippen molar-refractivity contribution in [3.63, 3.8) is 0 Å². The summed E-state index contributed by atoms with van der Waals surface area (Å²) in [7, 11) is 1.88. The van der Waals surface area contributed by atoms with E-state index in [0.29, 0.717) is 46.7 Å². The summed E-state index contributed by atoms with van der Waals surface area (Å²) < 4.78 is 9.71. The highest BCUT2D eigenvalue weighted by Gasteiger charge is 2.23. The van der Waals surface area contributed by atoms with Crippen molar-refractivity contribution in [2.45, 2.75) is 6.67 Å². The number of halogens is 1. The van der Waals surface area contributed by atoms with Crippen LogP contribution in [0.25, 0.3) is 11.6 Å². The molecule has 1 aliphatic rings. The Morgan fingerprint density at radius 2 is 1.89 bits per heavy atom. The molecule has 1 fully saturated rings. The van der Waals surface area contributed by atoms with Crippen molar-refractivity contribution < 1.29 is 9.21 Å². The first-order valence-electron chi connectivity index (χ1n) is 8.98. The predicted molar refractivity (Wildman–Crippen MR) is 109 cm³/mol.